The zero-order chi connectivity index (χ0) is 15.9. The van der Waals surface area contributed by atoms with Crippen molar-refractivity contribution in [3.8, 4) is 6.07 Å². The second-order valence-electron chi connectivity index (χ2n) is 4.59. The molecule has 0 saturated heterocycles. The van der Waals surface area contributed by atoms with Crippen molar-refractivity contribution in [2.45, 2.75) is 31.6 Å². The largest absolute Gasteiger partial charge is 0.356 e. The highest BCUT2D eigenvalue weighted by Crippen LogP contribution is 2.14. The second kappa shape index (κ2) is 7.76. The molecule has 6 nitrogen and oxygen atoms in total. The van der Waals surface area contributed by atoms with Gasteiger partial charge in [-0.05, 0) is 37.1 Å². The van der Waals surface area contributed by atoms with E-state index in [2.05, 4.69) is 10.0 Å². The van der Waals surface area contributed by atoms with Crippen molar-refractivity contribution in [2.75, 3.05) is 13.1 Å². The highest BCUT2D eigenvalue weighted by atomic mass is 32.2. The van der Waals surface area contributed by atoms with Crippen molar-refractivity contribution in [3.63, 3.8) is 0 Å². The van der Waals surface area contributed by atoms with Gasteiger partial charge in [0.1, 0.15) is 0 Å². The van der Waals surface area contributed by atoms with E-state index in [9.17, 15) is 13.2 Å². The first kappa shape index (κ1) is 17.1. The molecule has 0 saturated carbocycles. The zero-order valence-electron chi connectivity index (χ0n) is 12.1. The van der Waals surface area contributed by atoms with E-state index in [4.69, 9.17) is 5.26 Å². The number of carbonyl (C=O) groups is 1. The number of carbonyl (C=O) groups excluding carboxylic acids is 1. The molecule has 1 aromatic carbocycles. The summed E-state index contributed by atoms with van der Waals surface area (Å²) >= 11 is 0. The van der Waals surface area contributed by atoms with Gasteiger partial charge in [0.2, 0.25) is 15.9 Å². The Hall–Kier alpha value is -1.91. The number of nitrogens with zero attached hydrogens (tertiary/aromatic N) is 1. The number of benzene rings is 1. The molecule has 0 spiro atoms. The van der Waals surface area contributed by atoms with Crippen molar-refractivity contribution in [1.82, 2.24) is 10.0 Å². The van der Waals surface area contributed by atoms with E-state index in [1.807, 2.05) is 13.0 Å². The topological polar surface area (TPSA) is 99.1 Å². The fourth-order valence-corrected chi connectivity index (χ4v) is 2.78. The van der Waals surface area contributed by atoms with Gasteiger partial charge in [0, 0.05) is 19.5 Å². The fraction of sp³-hybridized carbons (Fsp3) is 0.429. The van der Waals surface area contributed by atoms with E-state index in [1.165, 1.54) is 18.2 Å². The van der Waals surface area contributed by atoms with E-state index < -0.39 is 10.0 Å². The predicted octanol–water partition coefficient (Wildman–Crippen LogP) is 1.06. The Morgan fingerprint density at radius 1 is 1.33 bits per heavy atom. The molecule has 0 aliphatic heterocycles. The van der Waals surface area contributed by atoms with Crippen LogP contribution in [0.15, 0.2) is 23.1 Å². The summed E-state index contributed by atoms with van der Waals surface area (Å²) in [5.74, 6) is -0.185. The summed E-state index contributed by atoms with van der Waals surface area (Å²) in [6, 6.07) is 6.28. The van der Waals surface area contributed by atoms with Gasteiger partial charge >= 0.3 is 0 Å². The summed E-state index contributed by atoms with van der Waals surface area (Å²) < 4.78 is 26.5. The van der Waals surface area contributed by atoms with Crippen LogP contribution in [0.4, 0.5) is 0 Å². The Morgan fingerprint density at radius 3 is 2.62 bits per heavy atom. The average Bonchev–Trinajstić information content (AvgIpc) is 2.44. The molecule has 0 heterocycles. The first-order chi connectivity index (χ1) is 9.90. The van der Waals surface area contributed by atoms with Gasteiger partial charge in [-0.1, -0.05) is 6.92 Å². The molecule has 1 amide bonds. The van der Waals surface area contributed by atoms with Gasteiger partial charge in [0.15, 0.2) is 0 Å². The molecule has 7 heteroatoms. The van der Waals surface area contributed by atoms with Crippen LogP contribution in [0, 0.1) is 18.3 Å². The van der Waals surface area contributed by atoms with E-state index in [-0.39, 0.29) is 23.8 Å². The monoisotopic (exact) mass is 309 g/mol. The standard InChI is InChI=1S/C14H19N3O3S/c1-3-7-16-14(18)6-8-17-21(19,20)13-5-4-12(10-15)11(2)9-13/h4-5,9,17H,3,6-8H2,1-2H3,(H,16,18). The van der Waals surface area contributed by atoms with Crippen LogP contribution in [0.5, 0.6) is 0 Å². The molecular weight excluding hydrogens is 290 g/mol. The molecule has 1 aromatic rings. The van der Waals surface area contributed by atoms with E-state index in [1.54, 1.807) is 6.92 Å². The van der Waals surface area contributed by atoms with Gasteiger partial charge in [-0.15, -0.1) is 0 Å². The smallest absolute Gasteiger partial charge is 0.240 e. The first-order valence-corrected chi connectivity index (χ1v) is 8.16. The Kier molecular flexibility index (Phi) is 6.34. The lowest BCUT2D eigenvalue weighted by Crippen LogP contribution is -2.31. The Bertz CT molecular complexity index is 648. The lowest BCUT2D eigenvalue weighted by atomic mass is 10.1. The SMILES string of the molecule is CCCNC(=O)CCNS(=O)(=O)c1ccc(C#N)c(C)c1. The maximum Gasteiger partial charge on any atom is 0.240 e. The van der Waals surface area contributed by atoms with Crippen LogP contribution < -0.4 is 10.0 Å². The molecule has 0 radical (unpaired) electrons. The summed E-state index contributed by atoms with van der Waals surface area (Å²) in [6.07, 6.45) is 0.927. The van der Waals surface area contributed by atoms with Crippen LogP contribution in [0.1, 0.15) is 30.9 Å². The average molecular weight is 309 g/mol. The van der Waals surface area contributed by atoms with Crippen molar-refractivity contribution in [1.29, 1.82) is 5.26 Å². The minimum Gasteiger partial charge on any atom is -0.356 e. The summed E-state index contributed by atoms with van der Waals surface area (Å²) in [7, 11) is -3.66. The Balaban J connectivity index is 2.64. The summed E-state index contributed by atoms with van der Waals surface area (Å²) in [6.45, 7) is 4.24. The lowest BCUT2D eigenvalue weighted by Gasteiger charge is -2.08. The van der Waals surface area contributed by atoms with Crippen LogP contribution >= 0.6 is 0 Å². The molecule has 0 unspecified atom stereocenters. The van der Waals surface area contributed by atoms with Crippen molar-refractivity contribution >= 4 is 15.9 Å². The van der Waals surface area contributed by atoms with E-state index in [0.717, 1.165) is 6.42 Å². The Labute approximate surface area is 125 Å². The highest BCUT2D eigenvalue weighted by molar-refractivity contribution is 7.89. The third-order valence-electron chi connectivity index (χ3n) is 2.84. The van der Waals surface area contributed by atoms with Crippen molar-refractivity contribution in [3.05, 3.63) is 29.3 Å². The first-order valence-electron chi connectivity index (χ1n) is 6.68. The van der Waals surface area contributed by atoms with Gasteiger partial charge in [0.05, 0.1) is 16.5 Å². The number of hydrogen-bond donors (Lipinski definition) is 2. The molecular formula is C14H19N3O3S. The molecule has 0 aliphatic rings. The van der Waals surface area contributed by atoms with Crippen LogP contribution in [0.2, 0.25) is 0 Å². The summed E-state index contributed by atoms with van der Waals surface area (Å²) in [4.78, 5) is 11.5. The number of aryl methyl sites for hydroxylation is 1. The van der Waals surface area contributed by atoms with Crippen molar-refractivity contribution in [2.24, 2.45) is 0 Å². The molecule has 0 atom stereocenters. The summed E-state index contributed by atoms with van der Waals surface area (Å²) in [5, 5.41) is 11.5. The molecule has 0 aliphatic carbocycles. The number of hydrogen-bond acceptors (Lipinski definition) is 4. The molecule has 21 heavy (non-hydrogen) atoms. The predicted molar refractivity (Wildman–Crippen MR) is 79.0 cm³/mol. The minimum atomic E-state index is -3.66. The third-order valence-corrected chi connectivity index (χ3v) is 4.30. The van der Waals surface area contributed by atoms with Crippen LogP contribution in [-0.4, -0.2) is 27.4 Å². The normalized spacial score (nSPS) is 10.9. The lowest BCUT2D eigenvalue weighted by molar-refractivity contribution is -0.120. The molecule has 0 fully saturated rings. The van der Waals surface area contributed by atoms with Gasteiger partial charge < -0.3 is 5.32 Å². The van der Waals surface area contributed by atoms with Gasteiger partial charge in [-0.3, -0.25) is 4.79 Å². The molecule has 0 bridgehead atoms. The van der Waals surface area contributed by atoms with E-state index in [0.29, 0.717) is 17.7 Å². The van der Waals surface area contributed by atoms with Crippen molar-refractivity contribution < 1.29 is 13.2 Å². The molecule has 1 rings (SSSR count). The minimum absolute atomic E-state index is 0.0386. The fourth-order valence-electron chi connectivity index (χ4n) is 1.66. The Morgan fingerprint density at radius 2 is 2.05 bits per heavy atom. The quantitative estimate of drug-likeness (QED) is 0.786. The maximum absolute atomic E-state index is 12.1. The van der Waals surface area contributed by atoms with E-state index >= 15 is 0 Å². The number of amides is 1. The third kappa shape index (κ3) is 5.17. The number of rotatable bonds is 7. The molecule has 2 N–H and O–H groups in total. The second-order valence-corrected chi connectivity index (χ2v) is 6.35. The van der Waals surface area contributed by atoms with Gasteiger partial charge in [-0.25, -0.2) is 13.1 Å². The van der Waals surface area contributed by atoms with Crippen LogP contribution in [0.3, 0.4) is 0 Å². The molecule has 0 aromatic heterocycles. The number of nitrogens with one attached hydrogen (secondary N) is 2. The van der Waals surface area contributed by atoms with Crippen LogP contribution in [0.25, 0.3) is 0 Å². The maximum atomic E-state index is 12.1. The van der Waals surface area contributed by atoms with Gasteiger partial charge in [-0.2, -0.15) is 5.26 Å². The van der Waals surface area contributed by atoms with Crippen LogP contribution in [-0.2, 0) is 14.8 Å². The zero-order valence-corrected chi connectivity index (χ0v) is 13.0. The molecule has 114 valence electrons. The highest BCUT2D eigenvalue weighted by Gasteiger charge is 2.15. The number of sulfonamides is 1. The summed E-state index contributed by atoms with van der Waals surface area (Å²) in [5.41, 5.74) is 1.04. The number of nitriles is 1. The van der Waals surface area contributed by atoms with Gasteiger partial charge in [0.25, 0.3) is 0 Å².